The van der Waals surface area contributed by atoms with Crippen molar-refractivity contribution in [3.05, 3.63) is 71.8 Å². The zero-order chi connectivity index (χ0) is 17.4. The third-order valence-corrected chi connectivity index (χ3v) is 4.32. The molecule has 2 rings (SSSR count). The van der Waals surface area contributed by atoms with Crippen LogP contribution in [0.25, 0.3) is 0 Å². The molecule has 2 atom stereocenters. The second-order valence-corrected chi connectivity index (χ2v) is 6.10. The minimum absolute atomic E-state index is 0.0967. The first-order valence-corrected chi connectivity index (χ1v) is 8.62. The van der Waals surface area contributed by atoms with Crippen LogP contribution in [-0.4, -0.2) is 23.5 Å². The van der Waals surface area contributed by atoms with E-state index in [0.29, 0.717) is 13.0 Å². The van der Waals surface area contributed by atoms with E-state index in [-0.39, 0.29) is 18.1 Å². The molecule has 0 N–H and O–H groups in total. The van der Waals surface area contributed by atoms with Gasteiger partial charge in [-0.1, -0.05) is 60.7 Å². The summed E-state index contributed by atoms with van der Waals surface area (Å²) >= 11 is 0. The predicted molar refractivity (Wildman–Crippen MR) is 97.6 cm³/mol. The van der Waals surface area contributed by atoms with Crippen LogP contribution < -0.4 is 0 Å². The Balaban J connectivity index is 2.18. The van der Waals surface area contributed by atoms with Gasteiger partial charge in [0, 0.05) is 18.6 Å². The lowest BCUT2D eigenvalue weighted by Crippen LogP contribution is -2.36. The van der Waals surface area contributed by atoms with Gasteiger partial charge in [-0.2, -0.15) is 0 Å². The fourth-order valence-corrected chi connectivity index (χ4v) is 2.97. The number of nitrogens with zero attached hydrogens (tertiary/aromatic N) is 1. The molecule has 0 heterocycles. The maximum Gasteiger partial charge on any atom is 0.307 e. The third-order valence-electron chi connectivity index (χ3n) is 4.32. The highest BCUT2D eigenvalue weighted by molar-refractivity contribution is 5.70. The largest absolute Gasteiger partial charge is 0.466 e. The highest BCUT2D eigenvalue weighted by Gasteiger charge is 2.24. The van der Waals surface area contributed by atoms with Gasteiger partial charge in [-0.3, -0.25) is 9.69 Å². The van der Waals surface area contributed by atoms with Crippen LogP contribution in [0.5, 0.6) is 0 Å². The summed E-state index contributed by atoms with van der Waals surface area (Å²) in [4.78, 5) is 14.3. The summed E-state index contributed by atoms with van der Waals surface area (Å²) in [6.45, 7) is 7.37. The van der Waals surface area contributed by atoms with Crippen molar-refractivity contribution in [2.75, 3.05) is 6.61 Å². The molecule has 2 aromatic carbocycles. The van der Waals surface area contributed by atoms with Crippen LogP contribution in [0, 0.1) is 0 Å². The number of benzene rings is 2. The number of esters is 1. The summed E-state index contributed by atoms with van der Waals surface area (Å²) < 4.78 is 5.13. The SMILES string of the molecule is CCOC(=O)C[C@@H](C)N(Cc1ccccc1)[C@H](C)c1ccccc1. The summed E-state index contributed by atoms with van der Waals surface area (Å²) in [5.41, 5.74) is 2.50. The molecular weight excluding hydrogens is 298 g/mol. The summed E-state index contributed by atoms with van der Waals surface area (Å²) in [6.07, 6.45) is 0.401. The fraction of sp³-hybridized carbons (Fsp3) is 0.381. The Morgan fingerprint density at radius 2 is 1.58 bits per heavy atom. The summed E-state index contributed by atoms with van der Waals surface area (Å²) in [5, 5.41) is 0. The summed E-state index contributed by atoms with van der Waals surface area (Å²) in [5.74, 6) is -0.136. The standard InChI is InChI=1S/C21H27NO2/c1-4-24-21(23)15-17(2)22(16-19-11-7-5-8-12-19)18(3)20-13-9-6-10-14-20/h5-14,17-18H,4,15-16H2,1-3H3/t17-,18-/m1/s1. The van der Waals surface area contributed by atoms with Gasteiger partial charge in [0.15, 0.2) is 0 Å². The Morgan fingerprint density at radius 3 is 2.17 bits per heavy atom. The third kappa shape index (κ3) is 5.20. The lowest BCUT2D eigenvalue weighted by molar-refractivity contribution is -0.144. The normalized spacial score (nSPS) is 13.5. The van der Waals surface area contributed by atoms with Crippen molar-refractivity contribution in [3.63, 3.8) is 0 Å². The number of carbonyl (C=O) groups excluding carboxylic acids is 1. The van der Waals surface area contributed by atoms with Crippen LogP contribution in [0.15, 0.2) is 60.7 Å². The molecule has 0 spiro atoms. The monoisotopic (exact) mass is 325 g/mol. The summed E-state index contributed by atoms with van der Waals surface area (Å²) in [6, 6.07) is 21.1. The van der Waals surface area contributed by atoms with E-state index in [9.17, 15) is 4.79 Å². The van der Waals surface area contributed by atoms with Crippen molar-refractivity contribution in [2.45, 2.75) is 45.8 Å². The van der Waals surface area contributed by atoms with E-state index in [1.807, 2.05) is 19.1 Å². The molecule has 0 fully saturated rings. The van der Waals surface area contributed by atoms with Gasteiger partial charge in [-0.15, -0.1) is 0 Å². The van der Waals surface area contributed by atoms with Crippen LogP contribution in [0.1, 0.15) is 44.4 Å². The number of ether oxygens (including phenoxy) is 1. The van der Waals surface area contributed by atoms with Crippen LogP contribution in [-0.2, 0) is 16.1 Å². The van der Waals surface area contributed by atoms with Crippen molar-refractivity contribution >= 4 is 5.97 Å². The number of hydrogen-bond acceptors (Lipinski definition) is 3. The smallest absolute Gasteiger partial charge is 0.307 e. The van der Waals surface area contributed by atoms with Gasteiger partial charge in [0.05, 0.1) is 13.0 Å². The Morgan fingerprint density at radius 1 is 1.00 bits per heavy atom. The molecule has 0 aliphatic heterocycles. The first-order chi connectivity index (χ1) is 11.6. The van der Waals surface area contributed by atoms with Crippen molar-refractivity contribution in [1.82, 2.24) is 4.90 Å². The highest BCUT2D eigenvalue weighted by atomic mass is 16.5. The van der Waals surface area contributed by atoms with Crippen LogP contribution in [0.4, 0.5) is 0 Å². The minimum Gasteiger partial charge on any atom is -0.466 e. The summed E-state index contributed by atoms with van der Waals surface area (Å²) in [7, 11) is 0. The molecule has 0 radical (unpaired) electrons. The van der Waals surface area contributed by atoms with Gasteiger partial charge in [0.25, 0.3) is 0 Å². The lowest BCUT2D eigenvalue weighted by atomic mass is 10.0. The lowest BCUT2D eigenvalue weighted by Gasteiger charge is -2.34. The topological polar surface area (TPSA) is 29.5 Å². The molecule has 0 saturated heterocycles. The minimum atomic E-state index is -0.136. The number of hydrogen-bond donors (Lipinski definition) is 0. The molecule has 0 aliphatic rings. The zero-order valence-corrected chi connectivity index (χ0v) is 14.8. The molecule has 3 heteroatoms. The average Bonchev–Trinajstić information content (AvgIpc) is 2.61. The van der Waals surface area contributed by atoms with Crippen LogP contribution >= 0.6 is 0 Å². The van der Waals surface area contributed by atoms with E-state index in [4.69, 9.17) is 4.74 Å². The van der Waals surface area contributed by atoms with Crippen molar-refractivity contribution in [2.24, 2.45) is 0 Å². The van der Waals surface area contributed by atoms with E-state index in [0.717, 1.165) is 6.54 Å². The Kier molecular flexibility index (Phi) is 7.01. The van der Waals surface area contributed by atoms with E-state index in [1.54, 1.807) is 0 Å². The maximum atomic E-state index is 11.9. The van der Waals surface area contributed by atoms with E-state index in [1.165, 1.54) is 11.1 Å². The molecule has 0 bridgehead atoms. The Bertz CT molecular complexity index is 612. The molecule has 0 amide bonds. The van der Waals surface area contributed by atoms with Crippen molar-refractivity contribution < 1.29 is 9.53 Å². The second kappa shape index (κ2) is 9.24. The highest BCUT2D eigenvalue weighted by Crippen LogP contribution is 2.26. The molecule has 0 saturated carbocycles. The van der Waals surface area contributed by atoms with Gasteiger partial charge < -0.3 is 4.74 Å². The number of rotatable bonds is 8. The zero-order valence-electron chi connectivity index (χ0n) is 14.8. The first kappa shape index (κ1) is 18.2. The molecule has 0 aromatic heterocycles. The van der Waals surface area contributed by atoms with Crippen LogP contribution in [0.2, 0.25) is 0 Å². The predicted octanol–water partition coefficient (Wildman–Crippen LogP) is 4.59. The van der Waals surface area contributed by atoms with E-state index < -0.39 is 0 Å². The molecule has 128 valence electrons. The van der Waals surface area contributed by atoms with Gasteiger partial charge in [0.1, 0.15) is 0 Å². The fourth-order valence-electron chi connectivity index (χ4n) is 2.97. The number of carbonyl (C=O) groups is 1. The molecular formula is C21H27NO2. The van der Waals surface area contributed by atoms with Crippen LogP contribution in [0.3, 0.4) is 0 Å². The molecule has 24 heavy (non-hydrogen) atoms. The molecule has 0 aliphatic carbocycles. The van der Waals surface area contributed by atoms with E-state index in [2.05, 4.69) is 67.3 Å². The van der Waals surface area contributed by atoms with Gasteiger partial charge in [0.2, 0.25) is 0 Å². The molecule has 3 nitrogen and oxygen atoms in total. The average molecular weight is 325 g/mol. The molecule has 0 unspecified atom stereocenters. The van der Waals surface area contributed by atoms with Gasteiger partial charge in [-0.05, 0) is 31.9 Å². The van der Waals surface area contributed by atoms with E-state index >= 15 is 0 Å². The van der Waals surface area contributed by atoms with Gasteiger partial charge >= 0.3 is 5.97 Å². The second-order valence-electron chi connectivity index (χ2n) is 6.10. The first-order valence-electron chi connectivity index (χ1n) is 8.62. The van der Waals surface area contributed by atoms with Gasteiger partial charge in [-0.25, -0.2) is 0 Å². The molecule has 2 aromatic rings. The Labute approximate surface area is 145 Å². The van der Waals surface area contributed by atoms with Crippen molar-refractivity contribution in [3.8, 4) is 0 Å². The maximum absolute atomic E-state index is 11.9. The quantitative estimate of drug-likeness (QED) is 0.665. The van der Waals surface area contributed by atoms with Crippen molar-refractivity contribution in [1.29, 1.82) is 0 Å². The Hall–Kier alpha value is -2.13.